The molecule has 0 unspecified atom stereocenters. The van der Waals surface area contributed by atoms with Crippen LogP contribution in [0.25, 0.3) is 0 Å². The molecule has 1 saturated heterocycles. The maximum absolute atomic E-state index is 12.9. The molecule has 0 radical (unpaired) electrons. The average Bonchev–Trinajstić information content (AvgIpc) is 3.00. The number of amides is 2. The first-order valence-corrected chi connectivity index (χ1v) is 8.66. The highest BCUT2D eigenvalue weighted by Gasteiger charge is 2.27. The molecule has 1 aromatic carbocycles. The predicted molar refractivity (Wildman–Crippen MR) is 88.9 cm³/mol. The van der Waals surface area contributed by atoms with E-state index in [1.54, 1.807) is 4.90 Å². The van der Waals surface area contributed by atoms with E-state index < -0.39 is 0 Å². The summed E-state index contributed by atoms with van der Waals surface area (Å²) in [6, 6.07) is 5.54. The Morgan fingerprint density at radius 3 is 2.46 bits per heavy atom. The quantitative estimate of drug-likeness (QED) is 0.836. The van der Waals surface area contributed by atoms with Gasteiger partial charge in [-0.3, -0.25) is 9.59 Å². The van der Waals surface area contributed by atoms with Gasteiger partial charge in [-0.25, -0.2) is 4.39 Å². The summed E-state index contributed by atoms with van der Waals surface area (Å²) in [5.74, 6) is -0.756. The second-order valence-electron chi connectivity index (χ2n) is 5.82. The Morgan fingerprint density at radius 2 is 1.88 bits per heavy atom. The number of thiazole rings is 1. The number of piperidine rings is 1. The van der Waals surface area contributed by atoms with Crippen molar-refractivity contribution < 1.29 is 14.0 Å². The van der Waals surface area contributed by atoms with Crippen LogP contribution in [-0.4, -0.2) is 34.4 Å². The number of aryl methyl sites for hydroxylation is 1. The van der Waals surface area contributed by atoms with Crippen LogP contribution in [0, 0.1) is 11.7 Å². The number of nitrogens with zero attached hydrogens (tertiary/aromatic N) is 3. The number of rotatable bonds is 2. The molecule has 1 aliphatic heterocycles. The number of benzene rings is 1. The number of carbonyl (C=O) groups is 2. The van der Waals surface area contributed by atoms with Gasteiger partial charge in [-0.05, 0) is 37.1 Å². The summed E-state index contributed by atoms with van der Waals surface area (Å²) >= 11 is 1.43. The molecule has 2 aromatic rings. The van der Waals surface area contributed by atoms with Crippen LogP contribution in [0.5, 0.6) is 0 Å². The van der Waals surface area contributed by atoms with Gasteiger partial charge in [0, 0.05) is 43.2 Å². The normalized spacial score (nSPS) is 16.4. The van der Waals surface area contributed by atoms with Crippen LogP contribution in [0.4, 0.5) is 4.39 Å². The Morgan fingerprint density at radius 1 is 1.21 bits per heavy atom. The van der Waals surface area contributed by atoms with Gasteiger partial charge in [0.05, 0.1) is 0 Å². The molecule has 0 aliphatic carbocycles. The van der Waals surface area contributed by atoms with E-state index in [1.807, 2.05) is 23.2 Å². The number of aromatic nitrogens is 1. The van der Waals surface area contributed by atoms with Crippen molar-refractivity contribution in [3.05, 3.63) is 52.0 Å². The first-order valence-electron chi connectivity index (χ1n) is 7.78. The van der Waals surface area contributed by atoms with Crippen LogP contribution in [0.1, 0.15) is 23.2 Å². The van der Waals surface area contributed by atoms with Crippen molar-refractivity contribution >= 4 is 23.2 Å². The van der Waals surface area contributed by atoms with E-state index in [9.17, 15) is 14.0 Å². The highest BCUT2D eigenvalue weighted by Crippen LogP contribution is 2.20. The number of hydrogen-bond donors (Lipinski definition) is 0. The first-order chi connectivity index (χ1) is 11.5. The molecule has 5 nitrogen and oxygen atoms in total. The minimum absolute atomic E-state index is 0.123. The van der Waals surface area contributed by atoms with Crippen LogP contribution in [0.15, 0.2) is 40.8 Å². The fourth-order valence-electron chi connectivity index (χ4n) is 2.72. The van der Waals surface area contributed by atoms with E-state index in [0.717, 1.165) is 0 Å². The van der Waals surface area contributed by atoms with Gasteiger partial charge < -0.3 is 9.47 Å². The lowest BCUT2D eigenvalue weighted by atomic mass is 9.95. The minimum atomic E-state index is -0.362. The van der Waals surface area contributed by atoms with E-state index in [-0.39, 0.29) is 23.5 Å². The Kier molecular flexibility index (Phi) is 4.89. The zero-order valence-electron chi connectivity index (χ0n) is 13.3. The molecule has 2 amide bonds. The molecule has 1 aliphatic rings. The Hall–Kier alpha value is -2.28. The van der Waals surface area contributed by atoms with Gasteiger partial charge in [-0.15, -0.1) is 11.3 Å². The summed E-state index contributed by atoms with van der Waals surface area (Å²) in [4.78, 5) is 31.2. The van der Waals surface area contributed by atoms with Gasteiger partial charge in [0.1, 0.15) is 5.82 Å². The SMILES string of the molecule is Cn1ccsc1=NC(=O)C1CCN(C(=O)c2ccc(F)cc2)CC1. The minimum Gasteiger partial charge on any atom is -0.339 e. The van der Waals surface area contributed by atoms with E-state index in [2.05, 4.69) is 4.99 Å². The van der Waals surface area contributed by atoms with E-state index >= 15 is 0 Å². The van der Waals surface area contributed by atoms with Crippen molar-refractivity contribution in [2.45, 2.75) is 12.8 Å². The van der Waals surface area contributed by atoms with Crippen LogP contribution in [0.2, 0.25) is 0 Å². The number of likely N-dealkylation sites (tertiary alicyclic amines) is 1. The summed E-state index contributed by atoms with van der Waals surface area (Å²) < 4.78 is 14.8. The molecule has 1 aromatic heterocycles. The molecule has 126 valence electrons. The monoisotopic (exact) mass is 347 g/mol. The van der Waals surface area contributed by atoms with E-state index in [1.165, 1.54) is 35.6 Å². The Labute approximate surface area is 143 Å². The van der Waals surface area contributed by atoms with Crippen LogP contribution < -0.4 is 4.80 Å². The molecule has 1 fully saturated rings. The standard InChI is InChI=1S/C17H18FN3O2S/c1-20-10-11-24-17(20)19-15(22)12-6-8-21(9-7-12)16(23)13-2-4-14(18)5-3-13/h2-5,10-12H,6-9H2,1H3. The van der Waals surface area contributed by atoms with Gasteiger partial charge in [0.2, 0.25) is 0 Å². The molecule has 7 heteroatoms. The van der Waals surface area contributed by atoms with Gasteiger partial charge in [0.25, 0.3) is 11.8 Å². The zero-order valence-corrected chi connectivity index (χ0v) is 14.1. The zero-order chi connectivity index (χ0) is 17.1. The maximum atomic E-state index is 12.9. The molecule has 0 N–H and O–H groups in total. The summed E-state index contributed by atoms with van der Waals surface area (Å²) in [5, 5.41) is 1.88. The first kappa shape index (κ1) is 16.6. The second-order valence-corrected chi connectivity index (χ2v) is 6.69. The van der Waals surface area contributed by atoms with Crippen LogP contribution in [0.3, 0.4) is 0 Å². The van der Waals surface area contributed by atoms with Crippen molar-refractivity contribution in [1.29, 1.82) is 0 Å². The van der Waals surface area contributed by atoms with Crippen LogP contribution >= 0.6 is 11.3 Å². The van der Waals surface area contributed by atoms with E-state index in [0.29, 0.717) is 36.3 Å². The largest absolute Gasteiger partial charge is 0.339 e. The molecular weight excluding hydrogens is 329 g/mol. The molecule has 0 bridgehead atoms. The fourth-order valence-corrected chi connectivity index (χ4v) is 3.46. The summed E-state index contributed by atoms with van der Waals surface area (Å²) in [7, 11) is 1.85. The third-order valence-electron chi connectivity index (χ3n) is 4.19. The van der Waals surface area contributed by atoms with Crippen molar-refractivity contribution in [2.75, 3.05) is 13.1 Å². The van der Waals surface area contributed by atoms with Gasteiger partial charge in [-0.1, -0.05) is 0 Å². The third kappa shape index (κ3) is 3.62. The van der Waals surface area contributed by atoms with Crippen LogP contribution in [-0.2, 0) is 11.8 Å². The maximum Gasteiger partial charge on any atom is 0.253 e. The highest BCUT2D eigenvalue weighted by atomic mass is 32.1. The Balaban J connectivity index is 1.61. The van der Waals surface area contributed by atoms with E-state index in [4.69, 9.17) is 0 Å². The summed E-state index contributed by atoms with van der Waals surface area (Å²) in [6.07, 6.45) is 3.06. The number of halogens is 1. The number of carbonyl (C=O) groups excluding carboxylic acids is 2. The van der Waals surface area contributed by atoms with Crippen molar-refractivity contribution in [1.82, 2.24) is 9.47 Å². The molecule has 0 saturated carbocycles. The average molecular weight is 347 g/mol. The van der Waals surface area contributed by atoms with Gasteiger partial charge in [0.15, 0.2) is 4.80 Å². The Bertz CT molecular complexity index is 802. The lowest BCUT2D eigenvalue weighted by molar-refractivity contribution is -0.123. The lowest BCUT2D eigenvalue weighted by Gasteiger charge is -2.30. The van der Waals surface area contributed by atoms with Gasteiger partial charge >= 0.3 is 0 Å². The van der Waals surface area contributed by atoms with Crippen molar-refractivity contribution in [3.63, 3.8) is 0 Å². The molecule has 2 heterocycles. The lowest BCUT2D eigenvalue weighted by Crippen LogP contribution is -2.40. The third-order valence-corrected chi connectivity index (χ3v) is 5.04. The summed E-state index contributed by atoms with van der Waals surface area (Å²) in [5.41, 5.74) is 0.469. The smallest absolute Gasteiger partial charge is 0.253 e. The molecular formula is C17H18FN3O2S. The van der Waals surface area contributed by atoms with Crippen molar-refractivity contribution in [3.8, 4) is 0 Å². The molecule has 0 atom stereocenters. The summed E-state index contributed by atoms with van der Waals surface area (Å²) in [6.45, 7) is 1.03. The highest BCUT2D eigenvalue weighted by molar-refractivity contribution is 7.07. The molecule has 24 heavy (non-hydrogen) atoms. The fraction of sp³-hybridized carbons (Fsp3) is 0.353. The second kappa shape index (κ2) is 7.09. The predicted octanol–water partition coefficient (Wildman–Crippen LogP) is 2.21. The van der Waals surface area contributed by atoms with Gasteiger partial charge in [-0.2, -0.15) is 4.99 Å². The van der Waals surface area contributed by atoms with Crippen molar-refractivity contribution in [2.24, 2.45) is 18.0 Å². The molecule has 0 spiro atoms. The number of hydrogen-bond acceptors (Lipinski definition) is 3. The molecule has 3 rings (SSSR count). The topological polar surface area (TPSA) is 54.7 Å².